The fraction of sp³-hybridized carbons (Fsp3) is 0.217. The van der Waals surface area contributed by atoms with E-state index in [0.717, 1.165) is 39.5 Å². The molecule has 3 N–H and O–H groups in total. The van der Waals surface area contributed by atoms with E-state index in [0.29, 0.717) is 31.0 Å². The number of nitrogens with one attached hydrogen (secondary N) is 1. The predicted molar refractivity (Wildman–Crippen MR) is 120 cm³/mol. The van der Waals surface area contributed by atoms with Crippen LogP contribution in [-0.2, 0) is 16.4 Å². The first kappa shape index (κ1) is 19.0. The minimum Gasteiger partial charge on any atom is -0.494 e. The van der Waals surface area contributed by atoms with E-state index in [2.05, 4.69) is 4.98 Å². The molecule has 0 bridgehead atoms. The van der Waals surface area contributed by atoms with Gasteiger partial charge >= 0.3 is 0 Å². The normalized spacial score (nSPS) is 14.6. The largest absolute Gasteiger partial charge is 0.494 e. The molecule has 0 fully saturated rings. The van der Waals surface area contributed by atoms with Gasteiger partial charge in [0.2, 0.25) is 0 Å². The maximum atomic E-state index is 13.0. The van der Waals surface area contributed by atoms with Crippen LogP contribution in [0.4, 0.5) is 5.69 Å². The molecule has 0 spiro atoms. The van der Waals surface area contributed by atoms with E-state index >= 15 is 0 Å². The lowest BCUT2D eigenvalue weighted by Crippen LogP contribution is -2.29. The Balaban J connectivity index is 1.29. The standard InChI is InChI=1S/C23H23N3O3S/c24-11-10-17-15-25-20-9-8-18(14-19(17)20)29-13-3-12-26-21-6-1-4-16-5-2-7-22(23(16)21)30(26,27)28/h1-2,4-9,14-15,25H,3,10-13,24H2. The fourth-order valence-electron chi connectivity index (χ4n) is 4.21. The highest BCUT2D eigenvalue weighted by Crippen LogP contribution is 2.41. The van der Waals surface area contributed by atoms with Crippen molar-refractivity contribution in [1.29, 1.82) is 0 Å². The van der Waals surface area contributed by atoms with Gasteiger partial charge in [-0.3, -0.25) is 4.31 Å². The fourth-order valence-corrected chi connectivity index (χ4v) is 5.96. The van der Waals surface area contributed by atoms with E-state index in [9.17, 15) is 8.42 Å². The van der Waals surface area contributed by atoms with Crippen molar-refractivity contribution in [3.05, 3.63) is 66.4 Å². The second kappa shape index (κ2) is 7.34. The van der Waals surface area contributed by atoms with Gasteiger partial charge < -0.3 is 15.5 Å². The highest BCUT2D eigenvalue weighted by molar-refractivity contribution is 7.93. The summed E-state index contributed by atoms with van der Waals surface area (Å²) in [6, 6.07) is 17.1. The molecule has 7 heteroatoms. The van der Waals surface area contributed by atoms with Crippen LogP contribution in [0.25, 0.3) is 21.7 Å². The number of aromatic nitrogens is 1. The zero-order chi connectivity index (χ0) is 20.7. The number of rotatable bonds is 7. The molecule has 0 saturated carbocycles. The van der Waals surface area contributed by atoms with Crippen LogP contribution in [0.1, 0.15) is 12.0 Å². The zero-order valence-electron chi connectivity index (χ0n) is 16.5. The van der Waals surface area contributed by atoms with Crippen molar-refractivity contribution in [2.75, 3.05) is 24.0 Å². The molecule has 1 aliphatic heterocycles. The smallest absolute Gasteiger partial charge is 0.265 e. The molecule has 0 atom stereocenters. The third-order valence-electron chi connectivity index (χ3n) is 5.61. The number of H-pyrrole nitrogens is 1. The summed E-state index contributed by atoms with van der Waals surface area (Å²) in [6.45, 7) is 1.40. The third kappa shape index (κ3) is 3.02. The van der Waals surface area contributed by atoms with Gasteiger partial charge in [-0.2, -0.15) is 0 Å². The number of anilines is 1. The molecule has 6 nitrogen and oxygen atoms in total. The molecule has 3 aromatic carbocycles. The zero-order valence-corrected chi connectivity index (χ0v) is 17.3. The molecule has 0 aliphatic carbocycles. The maximum absolute atomic E-state index is 13.0. The predicted octanol–water partition coefficient (Wildman–Crippen LogP) is 3.80. The van der Waals surface area contributed by atoms with Crippen LogP contribution in [0.15, 0.2) is 65.7 Å². The average Bonchev–Trinajstić information content (AvgIpc) is 3.24. The van der Waals surface area contributed by atoms with Gasteiger partial charge in [0.25, 0.3) is 10.0 Å². The van der Waals surface area contributed by atoms with Gasteiger partial charge in [-0.1, -0.05) is 24.3 Å². The molecule has 4 aromatic rings. The Kier molecular flexibility index (Phi) is 4.64. The summed E-state index contributed by atoms with van der Waals surface area (Å²) in [6.07, 6.45) is 3.38. The molecule has 2 heterocycles. The molecule has 30 heavy (non-hydrogen) atoms. The number of aromatic amines is 1. The second-order valence-electron chi connectivity index (χ2n) is 7.47. The highest BCUT2D eigenvalue weighted by atomic mass is 32.2. The van der Waals surface area contributed by atoms with Crippen LogP contribution < -0.4 is 14.8 Å². The molecular weight excluding hydrogens is 398 g/mol. The molecule has 1 aromatic heterocycles. The van der Waals surface area contributed by atoms with Gasteiger partial charge in [0.15, 0.2) is 0 Å². The molecule has 5 rings (SSSR count). The van der Waals surface area contributed by atoms with Crippen LogP contribution in [0, 0.1) is 0 Å². The minimum absolute atomic E-state index is 0.376. The van der Waals surface area contributed by atoms with Crippen LogP contribution >= 0.6 is 0 Å². The number of nitrogens with two attached hydrogens (primary N) is 1. The number of sulfonamides is 1. The summed E-state index contributed by atoms with van der Waals surface area (Å²) in [5, 5.41) is 2.87. The SMILES string of the molecule is NCCc1c[nH]c2ccc(OCCCN3c4cccc5cccc(c45)S3(=O)=O)cc12. The average molecular weight is 422 g/mol. The number of nitrogens with zero attached hydrogens (tertiary/aromatic N) is 1. The first-order chi connectivity index (χ1) is 14.6. The number of hydrogen-bond acceptors (Lipinski definition) is 4. The Morgan fingerprint density at radius 1 is 1.07 bits per heavy atom. The van der Waals surface area contributed by atoms with E-state index in [-0.39, 0.29) is 0 Å². The Morgan fingerprint density at radius 2 is 1.90 bits per heavy atom. The van der Waals surface area contributed by atoms with Crippen molar-refractivity contribution in [3.63, 3.8) is 0 Å². The molecule has 0 saturated heterocycles. The summed E-state index contributed by atoms with van der Waals surface area (Å²) in [4.78, 5) is 3.64. The summed E-state index contributed by atoms with van der Waals surface area (Å²) in [5.41, 5.74) is 8.67. The first-order valence-corrected chi connectivity index (χ1v) is 11.5. The van der Waals surface area contributed by atoms with Gasteiger partial charge in [0, 0.05) is 35.5 Å². The highest BCUT2D eigenvalue weighted by Gasteiger charge is 2.34. The molecule has 0 radical (unpaired) electrons. The van der Waals surface area contributed by atoms with Crippen molar-refractivity contribution >= 4 is 37.4 Å². The van der Waals surface area contributed by atoms with Gasteiger partial charge in [-0.05, 0) is 54.2 Å². The van der Waals surface area contributed by atoms with Gasteiger partial charge in [0.1, 0.15) is 5.75 Å². The lowest BCUT2D eigenvalue weighted by molar-refractivity contribution is 0.314. The van der Waals surface area contributed by atoms with E-state index in [1.54, 1.807) is 12.1 Å². The van der Waals surface area contributed by atoms with Crippen molar-refractivity contribution in [2.45, 2.75) is 17.7 Å². The van der Waals surface area contributed by atoms with Crippen molar-refractivity contribution in [2.24, 2.45) is 5.73 Å². The van der Waals surface area contributed by atoms with Crippen LogP contribution in [0.3, 0.4) is 0 Å². The maximum Gasteiger partial charge on any atom is 0.265 e. The van der Waals surface area contributed by atoms with E-state index < -0.39 is 10.0 Å². The number of benzene rings is 3. The topological polar surface area (TPSA) is 88.4 Å². The molecular formula is C23H23N3O3S. The summed E-state index contributed by atoms with van der Waals surface area (Å²) >= 11 is 0. The summed E-state index contributed by atoms with van der Waals surface area (Å²) < 4.78 is 33.5. The van der Waals surface area contributed by atoms with Crippen molar-refractivity contribution in [1.82, 2.24) is 4.98 Å². The summed E-state index contributed by atoms with van der Waals surface area (Å²) in [7, 11) is -3.51. The molecule has 154 valence electrons. The van der Waals surface area contributed by atoms with Crippen LogP contribution in [-0.4, -0.2) is 33.1 Å². The van der Waals surface area contributed by atoms with Crippen molar-refractivity contribution in [3.8, 4) is 5.75 Å². The van der Waals surface area contributed by atoms with Gasteiger partial charge in [-0.15, -0.1) is 0 Å². The lowest BCUT2D eigenvalue weighted by atomic mass is 10.1. The van der Waals surface area contributed by atoms with E-state index in [1.165, 1.54) is 9.87 Å². The second-order valence-corrected chi connectivity index (χ2v) is 9.30. The third-order valence-corrected chi connectivity index (χ3v) is 7.46. The first-order valence-electron chi connectivity index (χ1n) is 10.1. The quantitative estimate of drug-likeness (QED) is 0.444. The monoisotopic (exact) mass is 421 g/mol. The Bertz CT molecular complexity index is 1340. The Labute approximate surface area is 175 Å². The molecule has 0 unspecified atom stereocenters. The Morgan fingerprint density at radius 3 is 2.73 bits per heavy atom. The summed E-state index contributed by atoms with van der Waals surface area (Å²) in [5.74, 6) is 0.773. The molecule has 1 aliphatic rings. The van der Waals surface area contributed by atoms with Crippen LogP contribution in [0.5, 0.6) is 5.75 Å². The van der Waals surface area contributed by atoms with Crippen LogP contribution in [0.2, 0.25) is 0 Å². The number of ether oxygens (including phenoxy) is 1. The van der Waals surface area contributed by atoms with E-state index in [4.69, 9.17) is 10.5 Å². The number of hydrogen-bond donors (Lipinski definition) is 2. The molecule has 0 amide bonds. The Hall–Kier alpha value is -3.03. The number of fused-ring (bicyclic) bond motifs is 1. The minimum atomic E-state index is -3.51. The lowest BCUT2D eigenvalue weighted by Gasteiger charge is -2.18. The van der Waals surface area contributed by atoms with E-state index in [1.807, 2.05) is 48.7 Å². The van der Waals surface area contributed by atoms with Gasteiger partial charge in [-0.25, -0.2) is 8.42 Å². The van der Waals surface area contributed by atoms with Crippen molar-refractivity contribution < 1.29 is 13.2 Å². The van der Waals surface area contributed by atoms with Gasteiger partial charge in [0.05, 0.1) is 17.2 Å².